The molecule has 0 saturated heterocycles. The number of nitrogens with two attached hydrogens (primary N) is 2. The van der Waals surface area contributed by atoms with Crippen LogP contribution in [0, 0.1) is 0 Å². The summed E-state index contributed by atoms with van der Waals surface area (Å²) in [4.78, 5) is 25.0. The van der Waals surface area contributed by atoms with Gasteiger partial charge in [-0.25, -0.2) is 9.67 Å². The summed E-state index contributed by atoms with van der Waals surface area (Å²) in [6.07, 6.45) is 1.32. The Kier molecular flexibility index (Phi) is 3.00. The van der Waals surface area contributed by atoms with E-state index in [9.17, 15) is 9.59 Å². The van der Waals surface area contributed by atoms with Gasteiger partial charge in [0.1, 0.15) is 12.9 Å². The van der Waals surface area contributed by atoms with Crippen LogP contribution in [0.3, 0.4) is 0 Å². The van der Waals surface area contributed by atoms with Gasteiger partial charge in [0.2, 0.25) is 17.8 Å². The number of nitrogens with one attached hydrogen (secondary N) is 1. The van der Waals surface area contributed by atoms with E-state index in [1.165, 1.54) is 11.0 Å². The number of nitrogen functional groups attached to an aromatic ring is 1. The first kappa shape index (κ1) is 9.96. The van der Waals surface area contributed by atoms with Crippen LogP contribution in [0.5, 0.6) is 0 Å². The van der Waals surface area contributed by atoms with Crippen LogP contribution in [-0.2, 0) is 16.1 Å². The summed E-state index contributed by atoms with van der Waals surface area (Å²) < 4.78 is 1.26. The van der Waals surface area contributed by atoms with Gasteiger partial charge in [-0.05, 0) is 0 Å². The normalized spacial score (nSPS) is 9.71. The molecule has 0 atom stereocenters. The average molecular weight is 198 g/mol. The van der Waals surface area contributed by atoms with Gasteiger partial charge in [0, 0.05) is 0 Å². The molecule has 0 aromatic carbocycles. The van der Waals surface area contributed by atoms with E-state index in [0.717, 1.165) is 0 Å². The average Bonchev–Trinajstić information content (AvgIpc) is 2.48. The molecule has 0 unspecified atom stereocenters. The van der Waals surface area contributed by atoms with Crippen molar-refractivity contribution in [3.05, 3.63) is 6.33 Å². The van der Waals surface area contributed by atoms with E-state index in [4.69, 9.17) is 11.5 Å². The summed E-state index contributed by atoms with van der Waals surface area (Å²) in [5.41, 5.74) is 10.1. The van der Waals surface area contributed by atoms with Crippen molar-refractivity contribution in [1.82, 2.24) is 20.1 Å². The third-order valence-corrected chi connectivity index (χ3v) is 1.32. The largest absolute Gasteiger partial charge is 0.368 e. The number of anilines is 1. The lowest BCUT2D eigenvalue weighted by molar-refractivity contribution is -0.125. The summed E-state index contributed by atoms with van der Waals surface area (Å²) >= 11 is 0. The summed E-state index contributed by atoms with van der Waals surface area (Å²) in [6.45, 7) is -0.236. The van der Waals surface area contributed by atoms with E-state index in [0.29, 0.717) is 0 Å². The molecule has 0 radical (unpaired) electrons. The van der Waals surface area contributed by atoms with E-state index < -0.39 is 5.91 Å². The molecule has 0 bridgehead atoms. The molecule has 1 aromatic heterocycles. The molecule has 14 heavy (non-hydrogen) atoms. The summed E-state index contributed by atoms with van der Waals surface area (Å²) in [5.74, 6) is -0.891. The zero-order valence-electron chi connectivity index (χ0n) is 7.30. The number of amides is 2. The lowest BCUT2D eigenvalue weighted by Crippen LogP contribution is -2.35. The Bertz CT molecular complexity index is 346. The number of hydrogen-bond acceptors (Lipinski definition) is 5. The third-order valence-electron chi connectivity index (χ3n) is 1.32. The number of carbonyl (C=O) groups excluding carboxylic acids is 2. The first-order valence-corrected chi connectivity index (χ1v) is 3.78. The first-order chi connectivity index (χ1) is 6.58. The topological polar surface area (TPSA) is 129 Å². The predicted molar refractivity (Wildman–Crippen MR) is 46.6 cm³/mol. The maximum atomic E-state index is 11.1. The second-order valence-corrected chi connectivity index (χ2v) is 2.54. The van der Waals surface area contributed by atoms with E-state index in [-0.39, 0.29) is 24.9 Å². The molecule has 0 saturated carbocycles. The van der Waals surface area contributed by atoms with E-state index in [1.54, 1.807) is 0 Å². The van der Waals surface area contributed by atoms with E-state index in [2.05, 4.69) is 15.4 Å². The van der Waals surface area contributed by atoms with Crippen LogP contribution < -0.4 is 16.8 Å². The first-order valence-electron chi connectivity index (χ1n) is 3.78. The Labute approximate surface area is 79.3 Å². The minimum Gasteiger partial charge on any atom is -0.368 e. The van der Waals surface area contributed by atoms with Gasteiger partial charge in [-0.1, -0.05) is 0 Å². The van der Waals surface area contributed by atoms with Gasteiger partial charge < -0.3 is 16.8 Å². The summed E-state index contributed by atoms with van der Waals surface area (Å²) in [7, 11) is 0. The highest BCUT2D eigenvalue weighted by molar-refractivity contribution is 5.83. The molecule has 1 heterocycles. The van der Waals surface area contributed by atoms with E-state index >= 15 is 0 Å². The molecule has 0 aliphatic heterocycles. The molecule has 0 aliphatic carbocycles. The van der Waals surface area contributed by atoms with Gasteiger partial charge in [0.05, 0.1) is 6.54 Å². The summed E-state index contributed by atoms with van der Waals surface area (Å²) in [5, 5.41) is 5.98. The van der Waals surface area contributed by atoms with Gasteiger partial charge in [-0.2, -0.15) is 0 Å². The number of aromatic nitrogens is 3. The maximum absolute atomic E-state index is 11.1. The number of carbonyl (C=O) groups is 2. The molecule has 5 N–H and O–H groups in total. The van der Waals surface area contributed by atoms with Crippen LogP contribution in [-0.4, -0.2) is 33.1 Å². The molecule has 2 amide bonds. The van der Waals surface area contributed by atoms with Crippen molar-refractivity contribution < 1.29 is 9.59 Å². The molecule has 1 aromatic rings. The van der Waals surface area contributed by atoms with Crippen molar-refractivity contribution in [2.45, 2.75) is 6.54 Å². The van der Waals surface area contributed by atoms with Crippen LogP contribution in [0.2, 0.25) is 0 Å². The molecule has 0 fully saturated rings. The van der Waals surface area contributed by atoms with Crippen molar-refractivity contribution in [1.29, 1.82) is 0 Å². The number of rotatable bonds is 4. The van der Waals surface area contributed by atoms with Gasteiger partial charge in [0.15, 0.2) is 0 Å². The minimum atomic E-state index is -0.601. The summed E-state index contributed by atoms with van der Waals surface area (Å²) in [6, 6.07) is 0. The van der Waals surface area contributed by atoms with Crippen molar-refractivity contribution in [2.24, 2.45) is 5.73 Å². The third kappa shape index (κ3) is 3.09. The molecule has 8 heteroatoms. The van der Waals surface area contributed by atoms with Crippen molar-refractivity contribution >= 4 is 17.8 Å². The van der Waals surface area contributed by atoms with Crippen molar-refractivity contribution in [3.63, 3.8) is 0 Å². The Morgan fingerprint density at radius 1 is 1.57 bits per heavy atom. The zero-order chi connectivity index (χ0) is 10.6. The van der Waals surface area contributed by atoms with Crippen LogP contribution in [0.25, 0.3) is 0 Å². The molecule has 0 spiro atoms. The van der Waals surface area contributed by atoms with Crippen LogP contribution >= 0.6 is 0 Å². The molecule has 1 rings (SSSR count). The Balaban J connectivity index is 2.37. The lowest BCUT2D eigenvalue weighted by atomic mass is 10.5. The molecular formula is C6H10N6O2. The molecule has 0 aliphatic rings. The Morgan fingerprint density at radius 3 is 2.79 bits per heavy atom. The van der Waals surface area contributed by atoms with Crippen LogP contribution in [0.1, 0.15) is 0 Å². The second-order valence-electron chi connectivity index (χ2n) is 2.54. The Hall–Kier alpha value is -2.12. The number of hydrogen-bond donors (Lipinski definition) is 3. The SMILES string of the molecule is NC(=O)CNC(=O)Cn1cnc(N)n1. The van der Waals surface area contributed by atoms with Gasteiger partial charge in [-0.15, -0.1) is 5.10 Å². The predicted octanol–water partition coefficient (Wildman–Crippen LogP) is -2.54. The van der Waals surface area contributed by atoms with E-state index in [1.807, 2.05) is 0 Å². The van der Waals surface area contributed by atoms with Crippen LogP contribution in [0.15, 0.2) is 6.33 Å². The number of nitrogens with zero attached hydrogens (tertiary/aromatic N) is 3. The second kappa shape index (κ2) is 4.21. The fourth-order valence-electron chi connectivity index (χ4n) is 0.774. The van der Waals surface area contributed by atoms with Gasteiger partial charge in [0.25, 0.3) is 0 Å². The quantitative estimate of drug-likeness (QED) is 0.491. The molecule has 8 nitrogen and oxygen atoms in total. The van der Waals surface area contributed by atoms with Gasteiger partial charge >= 0.3 is 0 Å². The fourth-order valence-corrected chi connectivity index (χ4v) is 0.774. The Morgan fingerprint density at radius 2 is 2.29 bits per heavy atom. The smallest absolute Gasteiger partial charge is 0.242 e. The van der Waals surface area contributed by atoms with Crippen molar-refractivity contribution in [3.8, 4) is 0 Å². The standard InChI is InChI=1S/C6H10N6O2/c7-4(13)1-9-5(14)2-12-3-10-6(8)11-12/h3H,1-2H2,(H2,7,13)(H2,8,11)(H,9,14). The maximum Gasteiger partial charge on any atom is 0.242 e. The highest BCUT2D eigenvalue weighted by Gasteiger charge is 2.04. The lowest BCUT2D eigenvalue weighted by Gasteiger charge is -2.01. The van der Waals surface area contributed by atoms with Crippen LogP contribution in [0.4, 0.5) is 5.95 Å². The highest BCUT2D eigenvalue weighted by atomic mass is 16.2. The van der Waals surface area contributed by atoms with Crippen molar-refractivity contribution in [2.75, 3.05) is 12.3 Å². The monoisotopic (exact) mass is 198 g/mol. The zero-order valence-corrected chi connectivity index (χ0v) is 7.30. The van der Waals surface area contributed by atoms with Gasteiger partial charge in [-0.3, -0.25) is 9.59 Å². The molecular weight excluding hydrogens is 188 g/mol. The minimum absolute atomic E-state index is 0.0442. The fraction of sp³-hybridized carbons (Fsp3) is 0.333. The molecule has 76 valence electrons. The highest BCUT2D eigenvalue weighted by Crippen LogP contribution is 1.88. The number of primary amides is 1.